The summed E-state index contributed by atoms with van der Waals surface area (Å²) in [7, 11) is 0. The molecule has 4 aromatic rings. The predicted molar refractivity (Wildman–Crippen MR) is 113 cm³/mol. The van der Waals surface area contributed by atoms with E-state index in [2.05, 4.69) is 0 Å². The second-order valence-electron chi connectivity index (χ2n) is 6.40. The molecule has 28 heavy (non-hydrogen) atoms. The molecule has 140 valence electrons. The van der Waals surface area contributed by atoms with E-state index in [-0.39, 0.29) is 12.2 Å². The van der Waals surface area contributed by atoms with Crippen LogP contribution < -0.4 is 10.4 Å². The van der Waals surface area contributed by atoms with E-state index in [0.29, 0.717) is 32.5 Å². The molecule has 5 heteroatoms. The maximum Gasteiger partial charge on any atom is 0.344 e. The zero-order valence-corrected chi connectivity index (χ0v) is 16.6. The van der Waals surface area contributed by atoms with Crippen LogP contribution in [-0.2, 0) is 6.61 Å². The van der Waals surface area contributed by atoms with Gasteiger partial charge in [0.15, 0.2) is 0 Å². The summed E-state index contributed by atoms with van der Waals surface area (Å²) in [5.41, 5.74) is 3.10. The molecular weight excluding hydrogens is 395 g/mol. The van der Waals surface area contributed by atoms with Crippen LogP contribution in [0.15, 0.2) is 75.9 Å². The third kappa shape index (κ3) is 3.51. The third-order valence-corrected chi connectivity index (χ3v) is 5.35. The summed E-state index contributed by atoms with van der Waals surface area (Å²) in [4.78, 5) is 12.6. The number of benzene rings is 3. The fourth-order valence-corrected chi connectivity index (χ4v) is 3.70. The fourth-order valence-electron chi connectivity index (χ4n) is 3.19. The Morgan fingerprint density at radius 1 is 0.929 bits per heavy atom. The standard InChI is InChI=1S/C23H16Cl2O3/c1-14-17-11-10-16(27-13-18-19(24)8-5-9-20(18)25)12-21(17)28-23(26)22(14)15-6-3-2-4-7-15/h2-12H,13H2,1H3. The lowest BCUT2D eigenvalue weighted by Crippen LogP contribution is -2.06. The molecule has 4 rings (SSSR count). The van der Waals surface area contributed by atoms with Crippen molar-refractivity contribution in [2.24, 2.45) is 0 Å². The van der Waals surface area contributed by atoms with Gasteiger partial charge in [-0.15, -0.1) is 0 Å². The molecule has 0 saturated heterocycles. The summed E-state index contributed by atoms with van der Waals surface area (Å²) in [6.45, 7) is 2.14. The molecule has 0 atom stereocenters. The van der Waals surface area contributed by atoms with Crippen LogP contribution in [0.4, 0.5) is 0 Å². The van der Waals surface area contributed by atoms with Crippen molar-refractivity contribution >= 4 is 34.2 Å². The van der Waals surface area contributed by atoms with Crippen LogP contribution in [0.2, 0.25) is 10.0 Å². The van der Waals surface area contributed by atoms with E-state index in [9.17, 15) is 4.79 Å². The first-order valence-electron chi connectivity index (χ1n) is 8.73. The topological polar surface area (TPSA) is 39.4 Å². The average Bonchev–Trinajstić information content (AvgIpc) is 2.68. The highest BCUT2D eigenvalue weighted by Crippen LogP contribution is 2.30. The lowest BCUT2D eigenvalue weighted by atomic mass is 10.00. The van der Waals surface area contributed by atoms with Crippen molar-refractivity contribution in [1.29, 1.82) is 0 Å². The Labute approximate surface area is 172 Å². The molecular formula is C23H16Cl2O3. The Morgan fingerprint density at radius 2 is 1.64 bits per heavy atom. The molecule has 0 aliphatic heterocycles. The minimum Gasteiger partial charge on any atom is -0.489 e. The third-order valence-electron chi connectivity index (χ3n) is 4.65. The van der Waals surface area contributed by atoms with Crippen molar-refractivity contribution in [2.75, 3.05) is 0 Å². The number of hydrogen-bond donors (Lipinski definition) is 0. The highest BCUT2D eigenvalue weighted by Gasteiger charge is 2.14. The van der Waals surface area contributed by atoms with Crippen LogP contribution in [0, 0.1) is 6.92 Å². The number of rotatable bonds is 4. The molecule has 1 heterocycles. The quantitative estimate of drug-likeness (QED) is 0.353. The van der Waals surface area contributed by atoms with E-state index >= 15 is 0 Å². The molecule has 0 amide bonds. The van der Waals surface area contributed by atoms with Crippen molar-refractivity contribution < 1.29 is 9.15 Å². The molecule has 0 unspecified atom stereocenters. The Kier molecular flexibility index (Phi) is 5.12. The van der Waals surface area contributed by atoms with Crippen molar-refractivity contribution in [3.63, 3.8) is 0 Å². The van der Waals surface area contributed by atoms with E-state index in [1.807, 2.05) is 49.4 Å². The van der Waals surface area contributed by atoms with Gasteiger partial charge >= 0.3 is 5.63 Å². The predicted octanol–water partition coefficient (Wildman–Crippen LogP) is 6.65. The van der Waals surface area contributed by atoms with E-state index < -0.39 is 0 Å². The average molecular weight is 411 g/mol. The molecule has 0 saturated carbocycles. The van der Waals surface area contributed by atoms with Gasteiger partial charge in [-0.3, -0.25) is 0 Å². The Morgan fingerprint density at radius 3 is 2.36 bits per heavy atom. The zero-order chi connectivity index (χ0) is 19.7. The summed E-state index contributed by atoms with van der Waals surface area (Å²) in [6, 6.07) is 20.3. The second kappa shape index (κ2) is 7.70. The SMILES string of the molecule is Cc1c(-c2ccccc2)c(=O)oc2cc(OCc3c(Cl)cccc3Cl)ccc12. The summed E-state index contributed by atoms with van der Waals surface area (Å²) in [5, 5.41) is 1.95. The first kappa shape index (κ1) is 18.6. The second-order valence-corrected chi connectivity index (χ2v) is 7.22. The highest BCUT2D eigenvalue weighted by molar-refractivity contribution is 6.35. The largest absolute Gasteiger partial charge is 0.489 e. The van der Waals surface area contributed by atoms with Gasteiger partial charge < -0.3 is 9.15 Å². The van der Waals surface area contributed by atoms with E-state index in [0.717, 1.165) is 16.5 Å². The maximum absolute atomic E-state index is 12.6. The number of ether oxygens (including phenoxy) is 1. The van der Waals surface area contributed by atoms with Gasteiger partial charge in [-0.1, -0.05) is 59.6 Å². The first-order chi connectivity index (χ1) is 13.5. The van der Waals surface area contributed by atoms with E-state index in [4.69, 9.17) is 32.4 Å². The lowest BCUT2D eigenvalue weighted by molar-refractivity contribution is 0.306. The van der Waals surface area contributed by atoms with Gasteiger partial charge in [0.2, 0.25) is 0 Å². The van der Waals surface area contributed by atoms with Gasteiger partial charge in [-0.05, 0) is 42.3 Å². The van der Waals surface area contributed by atoms with Crippen LogP contribution in [0.25, 0.3) is 22.1 Å². The van der Waals surface area contributed by atoms with Gasteiger partial charge in [0.25, 0.3) is 0 Å². The van der Waals surface area contributed by atoms with Crippen molar-refractivity contribution in [3.05, 3.63) is 98.3 Å². The zero-order valence-electron chi connectivity index (χ0n) is 15.0. The van der Waals surface area contributed by atoms with E-state index in [1.165, 1.54) is 0 Å². The smallest absolute Gasteiger partial charge is 0.344 e. The minimum absolute atomic E-state index is 0.218. The van der Waals surface area contributed by atoms with Crippen molar-refractivity contribution in [1.82, 2.24) is 0 Å². The normalized spacial score (nSPS) is 11.0. The Hall–Kier alpha value is -2.75. The van der Waals surface area contributed by atoms with Crippen molar-refractivity contribution in [3.8, 4) is 16.9 Å². The summed E-state index contributed by atoms with van der Waals surface area (Å²) < 4.78 is 11.4. The first-order valence-corrected chi connectivity index (χ1v) is 9.49. The lowest BCUT2D eigenvalue weighted by Gasteiger charge is -2.11. The molecule has 0 spiro atoms. The highest BCUT2D eigenvalue weighted by atomic mass is 35.5. The van der Waals surface area contributed by atoms with Gasteiger partial charge in [0, 0.05) is 27.1 Å². The molecule has 0 aliphatic rings. The molecule has 0 bridgehead atoms. The molecule has 3 nitrogen and oxygen atoms in total. The van der Waals surface area contributed by atoms with Crippen LogP contribution in [0.5, 0.6) is 5.75 Å². The van der Waals surface area contributed by atoms with Crippen molar-refractivity contribution in [2.45, 2.75) is 13.5 Å². The molecule has 0 radical (unpaired) electrons. The van der Waals surface area contributed by atoms with Gasteiger partial charge in [0.05, 0.1) is 5.56 Å². The molecule has 3 aromatic carbocycles. The number of aryl methyl sites for hydroxylation is 1. The van der Waals surface area contributed by atoms with Gasteiger partial charge in [0.1, 0.15) is 17.9 Å². The fraction of sp³-hybridized carbons (Fsp3) is 0.0870. The molecule has 0 fully saturated rings. The van der Waals surface area contributed by atoms with E-state index in [1.54, 1.807) is 24.3 Å². The maximum atomic E-state index is 12.6. The van der Waals surface area contributed by atoms with Crippen LogP contribution in [-0.4, -0.2) is 0 Å². The summed E-state index contributed by atoms with van der Waals surface area (Å²) in [5.74, 6) is 0.568. The number of hydrogen-bond acceptors (Lipinski definition) is 3. The molecule has 0 aliphatic carbocycles. The van der Waals surface area contributed by atoms with Crippen LogP contribution in [0.1, 0.15) is 11.1 Å². The monoisotopic (exact) mass is 410 g/mol. The number of halogens is 2. The molecule has 1 aromatic heterocycles. The van der Waals surface area contributed by atoms with Crippen LogP contribution >= 0.6 is 23.2 Å². The minimum atomic E-state index is -0.373. The summed E-state index contributed by atoms with van der Waals surface area (Å²) in [6.07, 6.45) is 0. The Balaban J connectivity index is 1.70. The van der Waals surface area contributed by atoms with Crippen LogP contribution in [0.3, 0.4) is 0 Å². The Bertz CT molecular complexity index is 1190. The summed E-state index contributed by atoms with van der Waals surface area (Å²) >= 11 is 12.4. The van der Waals surface area contributed by atoms with Gasteiger partial charge in [-0.2, -0.15) is 0 Å². The van der Waals surface area contributed by atoms with Gasteiger partial charge in [-0.25, -0.2) is 4.79 Å². The molecule has 0 N–H and O–H groups in total. The number of fused-ring (bicyclic) bond motifs is 1.